The third-order valence-electron chi connectivity index (χ3n) is 7.24. The number of benzene rings is 2. The van der Waals surface area contributed by atoms with E-state index in [0.717, 1.165) is 11.3 Å². The van der Waals surface area contributed by atoms with Crippen molar-refractivity contribution in [3.8, 4) is 5.75 Å². The highest BCUT2D eigenvalue weighted by Crippen LogP contribution is 2.37. The first kappa shape index (κ1) is 25.7. The van der Waals surface area contributed by atoms with E-state index in [1.165, 1.54) is 10.5 Å². The lowest BCUT2D eigenvalue weighted by Gasteiger charge is -2.39. The van der Waals surface area contributed by atoms with Gasteiger partial charge in [-0.2, -0.15) is 0 Å². The molecule has 0 unspecified atom stereocenters. The molecule has 36 heavy (non-hydrogen) atoms. The Morgan fingerprint density at radius 2 is 1.78 bits per heavy atom. The molecule has 0 aromatic heterocycles. The van der Waals surface area contributed by atoms with Gasteiger partial charge in [-0.3, -0.25) is 14.5 Å². The third kappa shape index (κ3) is 5.70. The van der Waals surface area contributed by atoms with Gasteiger partial charge in [0, 0.05) is 37.3 Å². The first-order chi connectivity index (χ1) is 17.3. The molecule has 192 valence electrons. The molecule has 2 aliphatic rings. The Kier molecular flexibility index (Phi) is 7.94. The van der Waals surface area contributed by atoms with Crippen LogP contribution in [0.1, 0.15) is 56.6 Å². The maximum atomic E-state index is 13.2. The van der Waals surface area contributed by atoms with Crippen molar-refractivity contribution >= 4 is 23.5 Å². The number of urea groups is 1. The zero-order valence-electron chi connectivity index (χ0n) is 21.2. The van der Waals surface area contributed by atoms with E-state index < -0.39 is 12.1 Å². The van der Waals surface area contributed by atoms with Crippen molar-refractivity contribution in [2.24, 2.45) is 0 Å². The van der Waals surface area contributed by atoms with Crippen molar-refractivity contribution in [1.82, 2.24) is 10.2 Å². The molecule has 2 aromatic rings. The molecule has 8 nitrogen and oxygen atoms in total. The van der Waals surface area contributed by atoms with Crippen LogP contribution in [0.2, 0.25) is 0 Å². The van der Waals surface area contributed by atoms with Crippen LogP contribution in [-0.2, 0) is 19.7 Å². The summed E-state index contributed by atoms with van der Waals surface area (Å²) in [5.41, 5.74) is 2.59. The molecule has 8 heteroatoms. The van der Waals surface area contributed by atoms with E-state index in [1.807, 2.05) is 48.5 Å². The second-order valence-electron chi connectivity index (χ2n) is 9.91. The first-order valence-electron chi connectivity index (χ1n) is 12.6. The molecule has 4 amide bonds. The fourth-order valence-corrected chi connectivity index (χ4v) is 4.92. The van der Waals surface area contributed by atoms with E-state index in [-0.39, 0.29) is 36.6 Å². The largest absolute Gasteiger partial charge is 0.497 e. The summed E-state index contributed by atoms with van der Waals surface area (Å²) >= 11 is 0. The van der Waals surface area contributed by atoms with Crippen LogP contribution in [0.25, 0.3) is 0 Å². The zero-order valence-corrected chi connectivity index (χ0v) is 21.2. The van der Waals surface area contributed by atoms with Gasteiger partial charge in [0.2, 0.25) is 5.91 Å². The molecule has 2 aliphatic heterocycles. The average molecular weight is 494 g/mol. The maximum absolute atomic E-state index is 13.2. The van der Waals surface area contributed by atoms with Gasteiger partial charge < -0.3 is 20.1 Å². The van der Waals surface area contributed by atoms with Crippen LogP contribution in [0.15, 0.2) is 48.5 Å². The number of carbonyl (C=O) groups is 3. The number of ether oxygens (including phenoxy) is 2. The number of methoxy groups -OCH3 is 1. The first-order valence-corrected chi connectivity index (χ1v) is 12.6. The van der Waals surface area contributed by atoms with Crippen molar-refractivity contribution in [2.75, 3.05) is 32.2 Å². The molecular formula is C28H35N3O5. The van der Waals surface area contributed by atoms with E-state index in [4.69, 9.17) is 9.47 Å². The standard InChI is InChI=1S/C28H35N3O5/c1-19(2)20-4-8-22(9-5-20)29-25(32)13-12-24-26(33)31(27(34)30-24)18-28(14-16-36-17-15-28)21-6-10-23(35-3)11-7-21/h4-11,19,24H,12-18H2,1-3H3,(H,29,32)(H,30,34)/t24-/m1/s1. The van der Waals surface area contributed by atoms with Gasteiger partial charge in [0.05, 0.1) is 7.11 Å². The Morgan fingerprint density at radius 1 is 1.11 bits per heavy atom. The van der Waals surface area contributed by atoms with Crippen molar-refractivity contribution in [3.05, 3.63) is 59.7 Å². The van der Waals surface area contributed by atoms with Crippen LogP contribution < -0.4 is 15.4 Å². The van der Waals surface area contributed by atoms with Crippen LogP contribution >= 0.6 is 0 Å². The number of nitrogens with zero attached hydrogens (tertiary/aromatic N) is 1. The molecule has 0 spiro atoms. The molecule has 0 bridgehead atoms. The van der Waals surface area contributed by atoms with Gasteiger partial charge in [-0.05, 0) is 60.6 Å². The zero-order chi connectivity index (χ0) is 25.7. The van der Waals surface area contributed by atoms with Crippen LogP contribution in [0.4, 0.5) is 10.5 Å². The molecular weight excluding hydrogens is 458 g/mol. The second kappa shape index (κ2) is 11.1. The lowest BCUT2D eigenvalue weighted by atomic mass is 9.73. The van der Waals surface area contributed by atoms with Crippen LogP contribution in [0.5, 0.6) is 5.75 Å². The molecule has 2 heterocycles. The number of rotatable bonds is 9. The number of nitrogens with one attached hydrogen (secondary N) is 2. The monoisotopic (exact) mass is 493 g/mol. The van der Waals surface area contributed by atoms with Crippen molar-refractivity contribution in [2.45, 2.75) is 56.9 Å². The second-order valence-corrected chi connectivity index (χ2v) is 9.91. The SMILES string of the molecule is COc1ccc(C2(CN3C(=O)N[C@H](CCC(=O)Nc4ccc(C(C)C)cc4)C3=O)CCOCC2)cc1. The predicted octanol–water partition coefficient (Wildman–Crippen LogP) is 4.21. The summed E-state index contributed by atoms with van der Waals surface area (Å²) in [5.74, 6) is 0.699. The smallest absolute Gasteiger partial charge is 0.324 e. The number of carbonyl (C=O) groups excluding carboxylic acids is 3. The fraction of sp³-hybridized carbons (Fsp3) is 0.464. The molecule has 2 saturated heterocycles. The Bertz CT molecular complexity index is 1080. The summed E-state index contributed by atoms with van der Waals surface area (Å²) in [6, 6.07) is 14.4. The maximum Gasteiger partial charge on any atom is 0.324 e. The van der Waals surface area contributed by atoms with E-state index in [9.17, 15) is 14.4 Å². The molecule has 2 aromatic carbocycles. The number of hydrogen-bond acceptors (Lipinski definition) is 5. The minimum atomic E-state index is -0.709. The molecule has 0 saturated carbocycles. The Balaban J connectivity index is 1.38. The minimum Gasteiger partial charge on any atom is -0.497 e. The van der Waals surface area contributed by atoms with Crippen LogP contribution in [0, 0.1) is 0 Å². The molecule has 0 radical (unpaired) electrons. The van der Waals surface area contributed by atoms with Gasteiger partial charge in [0.1, 0.15) is 11.8 Å². The summed E-state index contributed by atoms with van der Waals surface area (Å²) in [5, 5.41) is 5.65. The van der Waals surface area contributed by atoms with E-state index >= 15 is 0 Å². The summed E-state index contributed by atoms with van der Waals surface area (Å²) in [6.07, 6.45) is 1.79. The number of amides is 4. The summed E-state index contributed by atoms with van der Waals surface area (Å²) in [6.45, 7) is 5.64. The number of hydrogen-bond donors (Lipinski definition) is 2. The molecule has 1 atom stereocenters. The number of anilines is 1. The average Bonchev–Trinajstić information content (AvgIpc) is 3.15. The summed E-state index contributed by atoms with van der Waals surface area (Å²) < 4.78 is 10.9. The summed E-state index contributed by atoms with van der Waals surface area (Å²) in [7, 11) is 1.62. The van der Waals surface area contributed by atoms with Crippen molar-refractivity contribution in [1.29, 1.82) is 0 Å². The lowest BCUT2D eigenvalue weighted by molar-refractivity contribution is -0.128. The summed E-state index contributed by atoms with van der Waals surface area (Å²) in [4.78, 5) is 39.8. The number of imide groups is 1. The predicted molar refractivity (Wildman–Crippen MR) is 137 cm³/mol. The minimum absolute atomic E-state index is 0.133. The molecule has 2 fully saturated rings. The van der Waals surface area contributed by atoms with Gasteiger partial charge in [0.25, 0.3) is 5.91 Å². The van der Waals surface area contributed by atoms with E-state index in [0.29, 0.717) is 37.7 Å². The molecule has 2 N–H and O–H groups in total. The third-order valence-corrected chi connectivity index (χ3v) is 7.24. The van der Waals surface area contributed by atoms with Crippen LogP contribution in [0.3, 0.4) is 0 Å². The normalized spacial score (nSPS) is 19.3. The molecule has 4 rings (SSSR count). The Hall–Kier alpha value is -3.39. The Labute approximate surface area is 212 Å². The quantitative estimate of drug-likeness (QED) is 0.510. The van der Waals surface area contributed by atoms with Crippen molar-refractivity contribution < 1.29 is 23.9 Å². The van der Waals surface area contributed by atoms with Crippen LogP contribution in [-0.4, -0.2) is 55.7 Å². The van der Waals surface area contributed by atoms with Gasteiger partial charge >= 0.3 is 6.03 Å². The highest BCUT2D eigenvalue weighted by molar-refractivity contribution is 6.04. The van der Waals surface area contributed by atoms with Gasteiger partial charge in [0.15, 0.2) is 0 Å². The Morgan fingerprint density at radius 3 is 2.39 bits per heavy atom. The highest BCUT2D eigenvalue weighted by Gasteiger charge is 2.44. The fourth-order valence-electron chi connectivity index (χ4n) is 4.92. The van der Waals surface area contributed by atoms with Gasteiger partial charge in [-0.25, -0.2) is 4.79 Å². The molecule has 0 aliphatic carbocycles. The van der Waals surface area contributed by atoms with Crippen molar-refractivity contribution in [3.63, 3.8) is 0 Å². The van der Waals surface area contributed by atoms with E-state index in [1.54, 1.807) is 7.11 Å². The lowest BCUT2D eigenvalue weighted by Crippen LogP contribution is -2.47. The highest BCUT2D eigenvalue weighted by atomic mass is 16.5. The van der Waals surface area contributed by atoms with Gasteiger partial charge in [-0.15, -0.1) is 0 Å². The van der Waals surface area contributed by atoms with E-state index in [2.05, 4.69) is 24.5 Å². The van der Waals surface area contributed by atoms with Gasteiger partial charge in [-0.1, -0.05) is 38.1 Å². The topological polar surface area (TPSA) is 97.0 Å².